The normalized spacial score (nSPS) is 17.2. The number of nitrogens with two attached hydrogens (primary N) is 1. The second-order valence-electron chi connectivity index (χ2n) is 5.41. The molecule has 106 valence electrons. The molecule has 20 heavy (non-hydrogen) atoms. The number of carbonyl (C=O) groups is 1. The van der Waals surface area contributed by atoms with Crippen molar-refractivity contribution in [2.45, 2.75) is 38.1 Å². The monoisotopic (exact) mass is 271 g/mol. The van der Waals surface area contributed by atoms with Crippen LogP contribution in [0.3, 0.4) is 0 Å². The molecule has 0 heterocycles. The summed E-state index contributed by atoms with van der Waals surface area (Å²) in [5.74, 6) is 0.347. The highest BCUT2D eigenvalue weighted by atomic mass is 16.1. The van der Waals surface area contributed by atoms with Gasteiger partial charge in [0.2, 0.25) is 0 Å². The van der Waals surface area contributed by atoms with E-state index in [1.54, 1.807) is 24.3 Å². The molecule has 1 aromatic carbocycles. The van der Waals surface area contributed by atoms with Gasteiger partial charge in [-0.05, 0) is 37.0 Å². The molecule has 1 fully saturated rings. The van der Waals surface area contributed by atoms with Gasteiger partial charge in [0.25, 0.3) is 5.91 Å². The number of benzene rings is 1. The lowest BCUT2D eigenvalue weighted by atomic mass is 9.84. The molecule has 0 radical (unpaired) electrons. The van der Waals surface area contributed by atoms with Crippen molar-refractivity contribution in [3.8, 4) is 6.07 Å². The lowest BCUT2D eigenvalue weighted by molar-refractivity contribution is 0.0915. The molecule has 0 aliphatic heterocycles. The van der Waals surface area contributed by atoms with Crippen LogP contribution in [0.25, 0.3) is 0 Å². The predicted molar refractivity (Wildman–Crippen MR) is 78.0 cm³/mol. The van der Waals surface area contributed by atoms with Gasteiger partial charge < -0.3 is 11.1 Å². The van der Waals surface area contributed by atoms with Crippen LogP contribution in [0.5, 0.6) is 0 Å². The highest BCUT2D eigenvalue weighted by molar-refractivity contribution is 5.94. The molecule has 0 saturated heterocycles. The molecule has 1 aliphatic carbocycles. The number of nitrogens with one attached hydrogen (secondary N) is 1. The van der Waals surface area contributed by atoms with Crippen molar-refractivity contribution >= 4 is 5.91 Å². The standard InChI is InChI=1S/C16H21N3O/c17-10-12-5-4-8-14(9-12)16(20)19-15(11-18)13-6-2-1-3-7-13/h4-5,8-9,13,15H,1-3,6-7,11,18H2,(H,19,20). The van der Waals surface area contributed by atoms with Crippen LogP contribution < -0.4 is 11.1 Å². The topological polar surface area (TPSA) is 78.9 Å². The largest absolute Gasteiger partial charge is 0.348 e. The second-order valence-corrected chi connectivity index (χ2v) is 5.41. The maximum Gasteiger partial charge on any atom is 0.251 e. The minimum absolute atomic E-state index is 0.0357. The Morgan fingerprint density at radius 1 is 1.40 bits per heavy atom. The van der Waals surface area contributed by atoms with E-state index in [1.165, 1.54) is 19.3 Å². The molecular weight excluding hydrogens is 250 g/mol. The number of hydrogen-bond acceptors (Lipinski definition) is 3. The third-order valence-electron chi connectivity index (χ3n) is 4.04. The molecule has 4 heteroatoms. The molecule has 1 saturated carbocycles. The smallest absolute Gasteiger partial charge is 0.251 e. The second kappa shape index (κ2) is 7.06. The average Bonchev–Trinajstić information content (AvgIpc) is 2.53. The van der Waals surface area contributed by atoms with Crippen molar-refractivity contribution in [3.63, 3.8) is 0 Å². The fraction of sp³-hybridized carbons (Fsp3) is 0.500. The zero-order valence-electron chi connectivity index (χ0n) is 11.6. The summed E-state index contributed by atoms with van der Waals surface area (Å²) in [6.07, 6.45) is 6.01. The van der Waals surface area contributed by atoms with Crippen LogP contribution in [0.15, 0.2) is 24.3 Å². The molecule has 0 spiro atoms. The maximum absolute atomic E-state index is 12.2. The zero-order valence-corrected chi connectivity index (χ0v) is 11.6. The molecular formula is C16H21N3O. The molecule has 3 N–H and O–H groups in total. The molecule has 1 aliphatic rings. The first-order valence-electron chi connectivity index (χ1n) is 7.25. The van der Waals surface area contributed by atoms with E-state index in [0.29, 0.717) is 23.6 Å². The van der Waals surface area contributed by atoms with Crippen LogP contribution in [0, 0.1) is 17.2 Å². The summed E-state index contributed by atoms with van der Waals surface area (Å²) in [5, 5.41) is 11.9. The first kappa shape index (κ1) is 14.5. The van der Waals surface area contributed by atoms with Crippen molar-refractivity contribution in [2.24, 2.45) is 11.7 Å². The average molecular weight is 271 g/mol. The number of amides is 1. The first-order valence-corrected chi connectivity index (χ1v) is 7.25. The van der Waals surface area contributed by atoms with Crippen molar-refractivity contribution in [1.29, 1.82) is 5.26 Å². The fourth-order valence-electron chi connectivity index (χ4n) is 2.89. The highest BCUT2D eigenvalue weighted by Gasteiger charge is 2.24. The molecule has 1 aromatic rings. The van der Waals surface area contributed by atoms with Crippen molar-refractivity contribution in [3.05, 3.63) is 35.4 Å². The van der Waals surface area contributed by atoms with Crippen molar-refractivity contribution in [1.82, 2.24) is 5.32 Å². The first-order chi connectivity index (χ1) is 9.74. The minimum Gasteiger partial charge on any atom is -0.348 e. The van der Waals surface area contributed by atoms with Gasteiger partial charge in [-0.25, -0.2) is 0 Å². The maximum atomic E-state index is 12.2. The zero-order chi connectivity index (χ0) is 14.4. The van der Waals surface area contributed by atoms with E-state index in [-0.39, 0.29) is 11.9 Å². The summed E-state index contributed by atoms with van der Waals surface area (Å²) < 4.78 is 0. The van der Waals surface area contributed by atoms with Gasteiger partial charge in [-0.2, -0.15) is 5.26 Å². The van der Waals surface area contributed by atoms with Crippen LogP contribution in [-0.2, 0) is 0 Å². The molecule has 1 amide bonds. The lowest BCUT2D eigenvalue weighted by Crippen LogP contribution is -2.45. The Kier molecular flexibility index (Phi) is 5.14. The van der Waals surface area contributed by atoms with E-state index in [1.807, 2.05) is 6.07 Å². The van der Waals surface area contributed by atoms with Crippen molar-refractivity contribution < 1.29 is 4.79 Å². The number of nitrogens with zero attached hydrogens (tertiary/aromatic N) is 1. The van der Waals surface area contributed by atoms with Crippen LogP contribution >= 0.6 is 0 Å². The Morgan fingerprint density at radius 3 is 2.80 bits per heavy atom. The molecule has 0 bridgehead atoms. The highest BCUT2D eigenvalue weighted by Crippen LogP contribution is 2.26. The van der Waals surface area contributed by atoms with Crippen LogP contribution in [0.1, 0.15) is 48.0 Å². The van der Waals surface area contributed by atoms with E-state index >= 15 is 0 Å². The molecule has 2 rings (SSSR count). The third kappa shape index (κ3) is 3.58. The van der Waals surface area contributed by atoms with Crippen molar-refractivity contribution in [2.75, 3.05) is 6.54 Å². The number of nitriles is 1. The van der Waals surface area contributed by atoms with Gasteiger partial charge in [-0.15, -0.1) is 0 Å². The van der Waals surface area contributed by atoms with E-state index in [2.05, 4.69) is 5.32 Å². The van der Waals surface area contributed by atoms with Gasteiger partial charge >= 0.3 is 0 Å². The van der Waals surface area contributed by atoms with E-state index in [4.69, 9.17) is 11.0 Å². The summed E-state index contributed by atoms with van der Waals surface area (Å²) in [7, 11) is 0. The summed E-state index contributed by atoms with van der Waals surface area (Å²) in [5.41, 5.74) is 6.84. The molecule has 0 aromatic heterocycles. The predicted octanol–water partition coefficient (Wildman–Crippen LogP) is 2.20. The van der Waals surface area contributed by atoms with Crippen LogP contribution in [0.2, 0.25) is 0 Å². The number of carbonyl (C=O) groups excluding carboxylic acids is 1. The fourth-order valence-corrected chi connectivity index (χ4v) is 2.89. The Bertz CT molecular complexity index is 501. The van der Waals surface area contributed by atoms with Gasteiger partial charge in [0, 0.05) is 18.2 Å². The minimum atomic E-state index is -0.136. The van der Waals surface area contributed by atoms with Gasteiger partial charge in [-0.1, -0.05) is 25.3 Å². The quantitative estimate of drug-likeness (QED) is 0.881. The van der Waals surface area contributed by atoms with Crippen LogP contribution in [-0.4, -0.2) is 18.5 Å². The van der Waals surface area contributed by atoms with Gasteiger partial charge in [-0.3, -0.25) is 4.79 Å². The van der Waals surface area contributed by atoms with E-state index in [9.17, 15) is 4.79 Å². The molecule has 1 unspecified atom stereocenters. The van der Waals surface area contributed by atoms with E-state index in [0.717, 1.165) is 12.8 Å². The van der Waals surface area contributed by atoms with Gasteiger partial charge in [0.15, 0.2) is 0 Å². The molecule has 4 nitrogen and oxygen atoms in total. The Balaban J connectivity index is 2.02. The molecule has 1 atom stereocenters. The number of hydrogen-bond donors (Lipinski definition) is 2. The third-order valence-corrected chi connectivity index (χ3v) is 4.04. The summed E-state index contributed by atoms with van der Waals surface area (Å²) >= 11 is 0. The Morgan fingerprint density at radius 2 is 2.15 bits per heavy atom. The van der Waals surface area contributed by atoms with Gasteiger partial charge in [0.05, 0.1) is 11.6 Å². The van der Waals surface area contributed by atoms with Crippen LogP contribution in [0.4, 0.5) is 0 Å². The Hall–Kier alpha value is -1.86. The number of rotatable bonds is 4. The van der Waals surface area contributed by atoms with E-state index < -0.39 is 0 Å². The van der Waals surface area contributed by atoms with Gasteiger partial charge in [0.1, 0.15) is 0 Å². The summed E-state index contributed by atoms with van der Waals surface area (Å²) in [4.78, 5) is 12.2. The Labute approximate surface area is 120 Å². The SMILES string of the molecule is N#Cc1cccc(C(=O)NC(CN)C2CCCCC2)c1. The lowest BCUT2D eigenvalue weighted by Gasteiger charge is -2.30. The summed E-state index contributed by atoms with van der Waals surface area (Å²) in [6.45, 7) is 0.467. The summed E-state index contributed by atoms with van der Waals surface area (Å²) in [6, 6.07) is 8.85.